The van der Waals surface area contributed by atoms with Crippen molar-refractivity contribution < 1.29 is 14.9 Å². The van der Waals surface area contributed by atoms with Crippen LogP contribution in [0.2, 0.25) is 0 Å². The highest BCUT2D eigenvalue weighted by Crippen LogP contribution is 2.47. The zero-order chi connectivity index (χ0) is 16.9. The van der Waals surface area contributed by atoms with Crippen molar-refractivity contribution in [2.45, 2.75) is 38.1 Å². The summed E-state index contributed by atoms with van der Waals surface area (Å²) in [5.41, 5.74) is 1.56. The summed E-state index contributed by atoms with van der Waals surface area (Å²) in [6.07, 6.45) is 2.42. The molecule has 1 aliphatic rings. The van der Waals surface area contributed by atoms with Gasteiger partial charge >= 0.3 is 0 Å². The number of rotatable bonds is 2. The third-order valence-electron chi connectivity index (χ3n) is 4.86. The second-order valence-corrected chi connectivity index (χ2v) is 6.34. The van der Waals surface area contributed by atoms with Crippen LogP contribution in [0.3, 0.4) is 0 Å². The molecule has 0 unspecified atom stereocenters. The van der Waals surface area contributed by atoms with E-state index in [0.717, 1.165) is 11.3 Å². The Balaban J connectivity index is 1.95. The van der Waals surface area contributed by atoms with E-state index >= 15 is 0 Å². The van der Waals surface area contributed by atoms with Gasteiger partial charge in [-0.05, 0) is 25.0 Å². The number of aliphatic hydroxyl groups is 2. The lowest BCUT2D eigenvalue weighted by molar-refractivity contribution is -0.144. The van der Waals surface area contributed by atoms with Gasteiger partial charge in [0.1, 0.15) is 11.7 Å². The Kier molecular flexibility index (Phi) is 3.37. The van der Waals surface area contributed by atoms with Crippen LogP contribution < -0.4 is 4.74 Å². The van der Waals surface area contributed by atoms with Gasteiger partial charge in [0.15, 0.2) is 17.5 Å². The Morgan fingerprint density at radius 1 is 1.25 bits per heavy atom. The van der Waals surface area contributed by atoms with E-state index in [2.05, 4.69) is 4.98 Å². The number of aliphatic hydroxyl groups excluding tert-OH is 1. The summed E-state index contributed by atoms with van der Waals surface area (Å²) >= 11 is 0. The maximum atomic E-state index is 11.2. The molecule has 0 amide bonds. The molecule has 4 rings (SSSR count). The molecule has 0 spiro atoms. The molecule has 0 radical (unpaired) electrons. The van der Waals surface area contributed by atoms with Crippen molar-refractivity contribution in [3.8, 4) is 5.75 Å². The number of ether oxygens (including phenoxy) is 1. The fourth-order valence-electron chi connectivity index (χ4n) is 3.50. The highest BCUT2D eigenvalue weighted by Gasteiger charge is 2.48. The fourth-order valence-corrected chi connectivity index (χ4v) is 3.50. The molecular formula is C19H20N2O3. The molecule has 0 saturated carbocycles. The Bertz CT molecular complexity index is 890. The second-order valence-electron chi connectivity index (χ2n) is 6.34. The monoisotopic (exact) mass is 324 g/mol. The predicted molar refractivity (Wildman–Crippen MR) is 89.9 cm³/mol. The summed E-state index contributed by atoms with van der Waals surface area (Å²) in [5.74, 6) is 0.536. The number of hydrogen-bond acceptors (Lipinski definition) is 4. The first kappa shape index (κ1) is 15.2. The third kappa shape index (κ3) is 2.05. The minimum Gasteiger partial charge on any atom is -0.479 e. The van der Waals surface area contributed by atoms with Crippen molar-refractivity contribution in [3.05, 3.63) is 65.6 Å². The first-order chi connectivity index (χ1) is 11.5. The summed E-state index contributed by atoms with van der Waals surface area (Å²) in [5, 5.41) is 22.1. The van der Waals surface area contributed by atoms with E-state index in [-0.39, 0.29) is 0 Å². The first-order valence-corrected chi connectivity index (χ1v) is 8.15. The van der Waals surface area contributed by atoms with E-state index in [9.17, 15) is 10.2 Å². The van der Waals surface area contributed by atoms with Gasteiger partial charge in [0.25, 0.3) is 0 Å². The smallest absolute Gasteiger partial charge is 0.180 e. The Labute approximate surface area is 140 Å². The average molecular weight is 324 g/mol. The summed E-state index contributed by atoms with van der Waals surface area (Å²) < 4.78 is 8.04. The number of aryl methyl sites for hydroxylation is 1. The molecule has 124 valence electrons. The maximum absolute atomic E-state index is 11.2. The first-order valence-electron chi connectivity index (χ1n) is 8.15. The molecule has 0 saturated heterocycles. The van der Waals surface area contributed by atoms with Crippen molar-refractivity contribution in [2.75, 3.05) is 0 Å². The summed E-state index contributed by atoms with van der Waals surface area (Å²) in [7, 11) is 0. The lowest BCUT2D eigenvalue weighted by Crippen LogP contribution is -2.48. The second kappa shape index (κ2) is 5.33. The van der Waals surface area contributed by atoms with E-state index in [0.29, 0.717) is 23.4 Å². The van der Waals surface area contributed by atoms with Gasteiger partial charge < -0.3 is 19.4 Å². The minimum absolute atomic E-state index is 0.379. The van der Waals surface area contributed by atoms with Gasteiger partial charge in [0.05, 0.1) is 5.69 Å². The molecule has 2 aromatic heterocycles. The Hall–Kier alpha value is -2.37. The van der Waals surface area contributed by atoms with E-state index in [1.54, 1.807) is 6.07 Å². The zero-order valence-electron chi connectivity index (χ0n) is 13.7. The molecule has 24 heavy (non-hydrogen) atoms. The summed E-state index contributed by atoms with van der Waals surface area (Å²) in [4.78, 5) is 4.52. The van der Waals surface area contributed by atoms with E-state index in [4.69, 9.17) is 4.74 Å². The maximum Gasteiger partial charge on any atom is 0.180 e. The number of fused-ring (bicyclic) bond motifs is 3. The van der Waals surface area contributed by atoms with Crippen LogP contribution in [-0.2, 0) is 5.60 Å². The number of benzene rings is 1. The van der Waals surface area contributed by atoms with Crippen molar-refractivity contribution in [1.29, 1.82) is 0 Å². The molecule has 1 aromatic carbocycles. The van der Waals surface area contributed by atoms with Gasteiger partial charge in [-0.3, -0.25) is 0 Å². The number of imidazole rings is 1. The van der Waals surface area contributed by atoms with Crippen LogP contribution in [0.1, 0.15) is 36.3 Å². The molecule has 5 nitrogen and oxygen atoms in total. The Morgan fingerprint density at radius 3 is 2.71 bits per heavy atom. The van der Waals surface area contributed by atoms with Crippen LogP contribution in [0, 0.1) is 6.92 Å². The molecule has 3 heterocycles. The van der Waals surface area contributed by atoms with Crippen LogP contribution >= 0.6 is 0 Å². The highest BCUT2D eigenvalue weighted by molar-refractivity contribution is 5.62. The van der Waals surface area contributed by atoms with Crippen LogP contribution in [0.5, 0.6) is 5.75 Å². The van der Waals surface area contributed by atoms with Gasteiger partial charge in [-0.25, -0.2) is 4.98 Å². The number of aromatic nitrogens is 2. The molecule has 3 aromatic rings. The van der Waals surface area contributed by atoms with Crippen LogP contribution in [0.25, 0.3) is 5.65 Å². The molecule has 0 aliphatic carbocycles. The standard InChI is InChI=1S/C19H20N2O3/c1-3-19(23)14-9-10-21-11-12(2)20-18(21)16(14)24-15(17(19)22)13-7-5-4-6-8-13/h4-11,15,17,22-23H,3H2,1-2H3/t15-,17-,19-/m1/s1. The van der Waals surface area contributed by atoms with Gasteiger partial charge in [0, 0.05) is 18.0 Å². The van der Waals surface area contributed by atoms with Gasteiger partial charge in [-0.15, -0.1) is 0 Å². The molecular weight excluding hydrogens is 304 g/mol. The van der Waals surface area contributed by atoms with E-state index < -0.39 is 17.8 Å². The quantitative estimate of drug-likeness (QED) is 0.761. The number of hydrogen-bond donors (Lipinski definition) is 2. The van der Waals surface area contributed by atoms with Gasteiger partial charge in [0.2, 0.25) is 0 Å². The van der Waals surface area contributed by atoms with E-state index in [1.165, 1.54) is 0 Å². The SMILES string of the molecule is CC[C@@]1(O)c2ccn3cc(C)nc3c2O[C@H](c2ccccc2)[C@H]1O. The average Bonchev–Trinajstić information content (AvgIpc) is 2.99. The predicted octanol–water partition coefficient (Wildman–Crippen LogP) is 2.73. The molecule has 2 N–H and O–H groups in total. The van der Waals surface area contributed by atoms with Crippen LogP contribution in [0.4, 0.5) is 0 Å². The molecule has 3 atom stereocenters. The molecule has 5 heteroatoms. The van der Waals surface area contributed by atoms with Crippen molar-refractivity contribution in [3.63, 3.8) is 0 Å². The van der Waals surface area contributed by atoms with Crippen molar-refractivity contribution >= 4 is 5.65 Å². The van der Waals surface area contributed by atoms with Crippen molar-refractivity contribution in [2.24, 2.45) is 0 Å². The molecule has 1 aliphatic heterocycles. The van der Waals surface area contributed by atoms with Crippen LogP contribution in [-0.4, -0.2) is 25.7 Å². The summed E-state index contributed by atoms with van der Waals surface area (Å²) in [6, 6.07) is 11.3. The van der Waals surface area contributed by atoms with E-state index in [1.807, 2.05) is 61.0 Å². The molecule has 0 bridgehead atoms. The minimum atomic E-state index is -1.38. The molecule has 0 fully saturated rings. The summed E-state index contributed by atoms with van der Waals surface area (Å²) in [6.45, 7) is 3.78. The van der Waals surface area contributed by atoms with Gasteiger partial charge in [-0.1, -0.05) is 37.3 Å². The third-order valence-corrected chi connectivity index (χ3v) is 4.86. The zero-order valence-corrected chi connectivity index (χ0v) is 13.7. The lowest BCUT2D eigenvalue weighted by atomic mass is 9.79. The van der Waals surface area contributed by atoms with Crippen LogP contribution in [0.15, 0.2) is 48.8 Å². The topological polar surface area (TPSA) is 67.0 Å². The normalized spacial score (nSPS) is 26.2. The number of nitrogens with zero attached hydrogens (tertiary/aromatic N) is 2. The fraction of sp³-hybridized carbons (Fsp3) is 0.316. The number of pyridine rings is 1. The Morgan fingerprint density at radius 2 is 2.00 bits per heavy atom. The van der Waals surface area contributed by atoms with Crippen molar-refractivity contribution in [1.82, 2.24) is 9.38 Å². The van der Waals surface area contributed by atoms with Gasteiger partial charge in [-0.2, -0.15) is 0 Å². The largest absolute Gasteiger partial charge is 0.479 e. The highest BCUT2D eigenvalue weighted by atomic mass is 16.5. The lowest BCUT2D eigenvalue weighted by Gasteiger charge is -2.42.